The van der Waals surface area contributed by atoms with Gasteiger partial charge in [0.1, 0.15) is 0 Å². The van der Waals surface area contributed by atoms with Crippen LogP contribution in [-0.4, -0.2) is 17.5 Å². The molecule has 2 unspecified atom stereocenters. The van der Waals surface area contributed by atoms with Gasteiger partial charge in [-0.3, -0.25) is 4.79 Å². The molecule has 2 atom stereocenters. The number of rotatable bonds is 6. The molecule has 0 radical (unpaired) electrons. The van der Waals surface area contributed by atoms with Gasteiger partial charge in [-0.15, -0.1) is 0 Å². The first-order valence-corrected chi connectivity index (χ1v) is 5.53. The van der Waals surface area contributed by atoms with Crippen LogP contribution in [0.1, 0.15) is 53.4 Å². The van der Waals surface area contributed by atoms with Crippen LogP contribution in [0.2, 0.25) is 0 Å². The molecule has 0 bridgehead atoms. The third kappa shape index (κ3) is 4.61. The molecule has 3 N–H and O–H groups in total. The minimum Gasteiger partial charge on any atom is -0.352 e. The first kappa shape index (κ1) is 13.4. The summed E-state index contributed by atoms with van der Waals surface area (Å²) in [4.78, 5) is 11.7. The maximum Gasteiger partial charge on any atom is 0.240 e. The Balaban J connectivity index is 4.05. The lowest BCUT2D eigenvalue weighted by molar-refractivity contribution is -0.126. The second-order valence-electron chi connectivity index (χ2n) is 4.33. The molecule has 84 valence electrons. The first-order valence-electron chi connectivity index (χ1n) is 5.53. The van der Waals surface area contributed by atoms with E-state index >= 15 is 0 Å². The van der Waals surface area contributed by atoms with Gasteiger partial charge in [0, 0.05) is 6.04 Å². The predicted molar refractivity (Wildman–Crippen MR) is 60.0 cm³/mol. The van der Waals surface area contributed by atoms with Crippen LogP contribution in [0.15, 0.2) is 0 Å². The highest BCUT2D eigenvalue weighted by Crippen LogP contribution is 2.09. The highest BCUT2D eigenvalue weighted by atomic mass is 16.2. The zero-order chi connectivity index (χ0) is 11.2. The highest BCUT2D eigenvalue weighted by Gasteiger charge is 2.27. The molecule has 0 aromatic carbocycles. The van der Waals surface area contributed by atoms with Gasteiger partial charge < -0.3 is 11.1 Å². The Bertz CT molecular complexity index is 178. The number of nitrogens with two attached hydrogens (primary N) is 1. The van der Waals surface area contributed by atoms with Gasteiger partial charge in [0.2, 0.25) is 5.91 Å². The summed E-state index contributed by atoms with van der Waals surface area (Å²) in [6.07, 6.45) is 3.75. The van der Waals surface area contributed by atoms with Crippen LogP contribution in [0.3, 0.4) is 0 Å². The smallest absolute Gasteiger partial charge is 0.240 e. The van der Waals surface area contributed by atoms with Crippen molar-refractivity contribution < 1.29 is 4.79 Å². The zero-order valence-corrected chi connectivity index (χ0v) is 9.89. The fraction of sp³-hybridized carbons (Fsp3) is 0.909. The highest BCUT2D eigenvalue weighted by molar-refractivity contribution is 5.85. The van der Waals surface area contributed by atoms with Crippen molar-refractivity contribution in [2.75, 3.05) is 0 Å². The van der Waals surface area contributed by atoms with Crippen molar-refractivity contribution in [2.45, 2.75) is 65.0 Å². The van der Waals surface area contributed by atoms with Crippen LogP contribution >= 0.6 is 0 Å². The monoisotopic (exact) mass is 200 g/mol. The third-order valence-electron chi connectivity index (χ3n) is 2.39. The van der Waals surface area contributed by atoms with Gasteiger partial charge in [-0.05, 0) is 26.7 Å². The molecule has 0 spiro atoms. The summed E-state index contributed by atoms with van der Waals surface area (Å²) in [7, 11) is 0. The van der Waals surface area contributed by atoms with Crippen molar-refractivity contribution in [3.05, 3.63) is 0 Å². The molecule has 0 aliphatic rings. The van der Waals surface area contributed by atoms with E-state index in [4.69, 9.17) is 5.73 Å². The molecule has 0 rings (SSSR count). The van der Waals surface area contributed by atoms with Crippen molar-refractivity contribution in [3.8, 4) is 0 Å². The standard InChI is InChI=1S/C11H24N2O/c1-5-7-9(3)13-10(14)11(4,12)8-6-2/h9H,5-8,12H2,1-4H3,(H,13,14). The van der Waals surface area contributed by atoms with Gasteiger partial charge in [0.15, 0.2) is 0 Å². The molecular formula is C11H24N2O. The molecule has 0 fully saturated rings. The zero-order valence-electron chi connectivity index (χ0n) is 9.89. The van der Waals surface area contributed by atoms with E-state index in [9.17, 15) is 4.79 Å². The summed E-state index contributed by atoms with van der Waals surface area (Å²) in [5, 5.41) is 2.94. The third-order valence-corrected chi connectivity index (χ3v) is 2.39. The molecule has 1 amide bonds. The van der Waals surface area contributed by atoms with Gasteiger partial charge >= 0.3 is 0 Å². The lowest BCUT2D eigenvalue weighted by Gasteiger charge is -2.25. The Morgan fingerprint density at radius 3 is 2.43 bits per heavy atom. The summed E-state index contributed by atoms with van der Waals surface area (Å²) in [5.41, 5.74) is 5.19. The van der Waals surface area contributed by atoms with E-state index in [-0.39, 0.29) is 11.9 Å². The largest absolute Gasteiger partial charge is 0.352 e. The van der Waals surface area contributed by atoms with Crippen molar-refractivity contribution in [1.29, 1.82) is 0 Å². The number of carbonyl (C=O) groups is 1. The van der Waals surface area contributed by atoms with Crippen LogP contribution in [0.25, 0.3) is 0 Å². The van der Waals surface area contributed by atoms with Gasteiger partial charge in [-0.1, -0.05) is 26.7 Å². The maximum atomic E-state index is 11.7. The molecule has 3 nitrogen and oxygen atoms in total. The molecule has 0 aromatic heterocycles. The number of hydrogen-bond acceptors (Lipinski definition) is 2. The minimum absolute atomic E-state index is 0.0275. The predicted octanol–water partition coefficient (Wildman–Crippen LogP) is 1.81. The summed E-state index contributed by atoms with van der Waals surface area (Å²) < 4.78 is 0. The maximum absolute atomic E-state index is 11.7. The van der Waals surface area contributed by atoms with Crippen LogP contribution in [0, 0.1) is 0 Å². The summed E-state index contributed by atoms with van der Waals surface area (Å²) >= 11 is 0. The van der Waals surface area contributed by atoms with E-state index in [0.29, 0.717) is 0 Å². The van der Waals surface area contributed by atoms with Crippen LogP contribution in [0.5, 0.6) is 0 Å². The number of nitrogens with one attached hydrogen (secondary N) is 1. The van der Waals surface area contributed by atoms with Crippen LogP contribution in [-0.2, 0) is 4.79 Å². The van der Waals surface area contributed by atoms with Crippen molar-refractivity contribution in [2.24, 2.45) is 5.73 Å². The summed E-state index contributed by atoms with van der Waals surface area (Å²) in [5.74, 6) is -0.0275. The Morgan fingerprint density at radius 1 is 1.43 bits per heavy atom. The number of hydrogen-bond donors (Lipinski definition) is 2. The Morgan fingerprint density at radius 2 is 2.00 bits per heavy atom. The molecule has 14 heavy (non-hydrogen) atoms. The van der Waals surface area contributed by atoms with E-state index in [1.54, 1.807) is 6.92 Å². The number of carbonyl (C=O) groups excluding carboxylic acids is 1. The molecule has 0 aliphatic heterocycles. The fourth-order valence-corrected chi connectivity index (χ4v) is 1.53. The molecule has 0 heterocycles. The number of amides is 1. The van der Waals surface area contributed by atoms with E-state index in [1.807, 2.05) is 13.8 Å². The van der Waals surface area contributed by atoms with E-state index in [0.717, 1.165) is 25.7 Å². The lowest BCUT2D eigenvalue weighted by atomic mass is 9.96. The molecule has 0 aromatic rings. The van der Waals surface area contributed by atoms with E-state index in [1.165, 1.54) is 0 Å². The quantitative estimate of drug-likeness (QED) is 0.687. The minimum atomic E-state index is -0.712. The Hall–Kier alpha value is -0.570. The molecule has 0 saturated carbocycles. The molecule has 0 aliphatic carbocycles. The second kappa shape index (κ2) is 6.02. The molecule has 0 saturated heterocycles. The average molecular weight is 200 g/mol. The van der Waals surface area contributed by atoms with Crippen molar-refractivity contribution >= 4 is 5.91 Å². The topological polar surface area (TPSA) is 55.1 Å². The first-order chi connectivity index (χ1) is 6.44. The normalized spacial score (nSPS) is 17.2. The van der Waals surface area contributed by atoms with Crippen LogP contribution < -0.4 is 11.1 Å². The summed E-state index contributed by atoms with van der Waals surface area (Å²) in [6, 6.07) is 0.229. The molecule has 3 heteroatoms. The second-order valence-corrected chi connectivity index (χ2v) is 4.33. The lowest BCUT2D eigenvalue weighted by Crippen LogP contribution is -2.53. The molecular weight excluding hydrogens is 176 g/mol. The summed E-state index contributed by atoms with van der Waals surface area (Å²) in [6.45, 7) is 7.96. The van der Waals surface area contributed by atoms with E-state index in [2.05, 4.69) is 12.2 Å². The SMILES string of the molecule is CCCC(C)NC(=O)C(C)(N)CCC. The van der Waals surface area contributed by atoms with Gasteiger partial charge in [0.05, 0.1) is 5.54 Å². The average Bonchev–Trinajstić information content (AvgIpc) is 2.04. The van der Waals surface area contributed by atoms with Gasteiger partial charge in [0.25, 0.3) is 0 Å². The fourth-order valence-electron chi connectivity index (χ4n) is 1.53. The van der Waals surface area contributed by atoms with Gasteiger partial charge in [-0.2, -0.15) is 0 Å². The van der Waals surface area contributed by atoms with Crippen LogP contribution in [0.4, 0.5) is 0 Å². The van der Waals surface area contributed by atoms with Crippen molar-refractivity contribution in [3.63, 3.8) is 0 Å². The van der Waals surface area contributed by atoms with Crippen molar-refractivity contribution in [1.82, 2.24) is 5.32 Å². The Kier molecular flexibility index (Phi) is 5.77. The van der Waals surface area contributed by atoms with Gasteiger partial charge in [-0.25, -0.2) is 0 Å². The Labute approximate surface area is 87.4 Å². The van der Waals surface area contributed by atoms with E-state index < -0.39 is 5.54 Å².